The number of pyridine rings is 1. The lowest BCUT2D eigenvalue weighted by Crippen LogP contribution is -2.56. The van der Waals surface area contributed by atoms with Crippen LogP contribution in [0.4, 0.5) is 13.2 Å². The number of alkyl halides is 3. The van der Waals surface area contributed by atoms with E-state index in [1.807, 2.05) is 0 Å². The average Bonchev–Trinajstić information content (AvgIpc) is 2.78. The van der Waals surface area contributed by atoms with Gasteiger partial charge in [-0.05, 0) is 55.4 Å². The predicted octanol–water partition coefficient (Wildman–Crippen LogP) is 4.81. The number of hydrogen-bond donors (Lipinski definition) is 2. The number of benzene rings is 1. The number of carbonyl (C=O) groups is 2. The Hall–Kier alpha value is -3.30. The molecule has 2 N–H and O–H groups in total. The maximum absolute atomic E-state index is 13.0. The first kappa shape index (κ1) is 24.3. The van der Waals surface area contributed by atoms with Gasteiger partial charge >= 0.3 is 12.3 Å². The highest BCUT2D eigenvalue weighted by Crippen LogP contribution is 2.35. The van der Waals surface area contributed by atoms with Crippen LogP contribution in [0.25, 0.3) is 11.1 Å². The molecule has 1 saturated carbocycles. The fourth-order valence-corrected chi connectivity index (χ4v) is 4.07. The van der Waals surface area contributed by atoms with Crippen LogP contribution in [0.3, 0.4) is 0 Å². The van der Waals surface area contributed by atoms with Gasteiger partial charge in [-0.1, -0.05) is 25.5 Å². The summed E-state index contributed by atoms with van der Waals surface area (Å²) in [4.78, 5) is 29.1. The average molecular weight is 466 g/mol. The van der Waals surface area contributed by atoms with E-state index in [0.29, 0.717) is 31.6 Å². The van der Waals surface area contributed by atoms with Crippen molar-refractivity contribution in [3.63, 3.8) is 0 Å². The van der Waals surface area contributed by atoms with E-state index in [9.17, 15) is 27.9 Å². The first-order valence-corrected chi connectivity index (χ1v) is 10.5. The zero-order valence-corrected chi connectivity index (χ0v) is 18.2. The number of hydrogen-bond acceptors (Lipinski definition) is 5. The fraction of sp³-hybridized carbons (Fsp3) is 0.435. The second kappa shape index (κ2) is 9.68. The molecule has 0 unspecified atom stereocenters. The topological polar surface area (TPSA) is 97.8 Å². The minimum absolute atomic E-state index is 0.0613. The third-order valence-corrected chi connectivity index (χ3v) is 5.98. The third-order valence-electron chi connectivity index (χ3n) is 5.98. The van der Waals surface area contributed by atoms with Gasteiger partial charge in [-0.2, -0.15) is 0 Å². The molecule has 1 fully saturated rings. The van der Waals surface area contributed by atoms with Crippen LogP contribution in [-0.2, 0) is 4.79 Å². The maximum Gasteiger partial charge on any atom is 0.573 e. The van der Waals surface area contributed by atoms with Crippen molar-refractivity contribution in [1.82, 2.24) is 10.3 Å². The second-order valence-corrected chi connectivity index (χ2v) is 8.05. The van der Waals surface area contributed by atoms with Crippen molar-refractivity contribution >= 4 is 11.9 Å². The van der Waals surface area contributed by atoms with E-state index in [0.717, 1.165) is 18.6 Å². The fourth-order valence-electron chi connectivity index (χ4n) is 4.07. The van der Waals surface area contributed by atoms with Gasteiger partial charge in [0.05, 0.1) is 12.7 Å². The van der Waals surface area contributed by atoms with E-state index in [1.54, 1.807) is 0 Å². The summed E-state index contributed by atoms with van der Waals surface area (Å²) in [6.45, 7) is 2.05. The number of carboxylic acid groups (broad SMARTS) is 1. The number of rotatable bonds is 7. The maximum atomic E-state index is 13.0. The van der Waals surface area contributed by atoms with Gasteiger partial charge in [0.1, 0.15) is 11.3 Å². The predicted molar refractivity (Wildman–Crippen MR) is 113 cm³/mol. The molecule has 1 amide bonds. The SMILES string of the molecule is CC[C@H]1CC[C@](NC(=O)c2cnc(OC)c(-c3cccc(OC(F)(F)F)c3)c2)(C(=O)O)CC1. The Bertz CT molecular complexity index is 1020. The third kappa shape index (κ3) is 5.74. The lowest BCUT2D eigenvalue weighted by molar-refractivity contribution is -0.274. The van der Waals surface area contributed by atoms with Crippen LogP contribution in [0.1, 0.15) is 49.4 Å². The molecule has 1 aliphatic rings. The second-order valence-electron chi connectivity index (χ2n) is 8.05. The lowest BCUT2D eigenvalue weighted by Gasteiger charge is -2.37. The molecule has 0 aliphatic heterocycles. The van der Waals surface area contributed by atoms with Gasteiger partial charge in [-0.25, -0.2) is 9.78 Å². The highest BCUT2D eigenvalue weighted by atomic mass is 19.4. The summed E-state index contributed by atoms with van der Waals surface area (Å²) in [5.41, 5.74) is -0.765. The molecule has 2 aromatic rings. The minimum atomic E-state index is -4.86. The summed E-state index contributed by atoms with van der Waals surface area (Å²) < 4.78 is 47.0. The van der Waals surface area contributed by atoms with Crippen LogP contribution in [0.5, 0.6) is 11.6 Å². The van der Waals surface area contributed by atoms with Crippen LogP contribution in [0, 0.1) is 5.92 Å². The number of ether oxygens (including phenoxy) is 2. The molecule has 3 rings (SSSR count). The van der Waals surface area contributed by atoms with Crippen LogP contribution < -0.4 is 14.8 Å². The van der Waals surface area contributed by atoms with E-state index in [-0.39, 0.29) is 22.6 Å². The number of carbonyl (C=O) groups excluding carboxylic acids is 1. The van der Waals surface area contributed by atoms with Gasteiger partial charge in [0.25, 0.3) is 5.91 Å². The molecular formula is C23H25F3N2O5. The zero-order chi connectivity index (χ0) is 24.2. The Labute approximate surface area is 188 Å². The highest BCUT2D eigenvalue weighted by Gasteiger charge is 2.43. The van der Waals surface area contributed by atoms with Crippen molar-refractivity contribution in [2.24, 2.45) is 5.92 Å². The molecule has 0 radical (unpaired) electrons. The van der Waals surface area contributed by atoms with Crippen molar-refractivity contribution in [1.29, 1.82) is 0 Å². The highest BCUT2D eigenvalue weighted by molar-refractivity contribution is 5.99. The van der Waals surface area contributed by atoms with Crippen molar-refractivity contribution in [2.45, 2.75) is 50.9 Å². The minimum Gasteiger partial charge on any atom is -0.481 e. The Morgan fingerprint density at radius 3 is 2.52 bits per heavy atom. The molecule has 0 spiro atoms. The van der Waals surface area contributed by atoms with Gasteiger partial charge in [-0.3, -0.25) is 4.79 Å². The van der Waals surface area contributed by atoms with Gasteiger partial charge in [0, 0.05) is 11.8 Å². The molecule has 1 aliphatic carbocycles. The van der Waals surface area contributed by atoms with E-state index in [2.05, 4.69) is 22.0 Å². The normalized spacial score (nSPS) is 20.7. The number of aliphatic carboxylic acids is 1. The molecule has 178 valence electrons. The van der Waals surface area contributed by atoms with Gasteiger partial charge in [0.15, 0.2) is 0 Å². The largest absolute Gasteiger partial charge is 0.573 e. The quantitative estimate of drug-likeness (QED) is 0.608. The first-order valence-electron chi connectivity index (χ1n) is 10.5. The van der Waals surface area contributed by atoms with Crippen molar-refractivity contribution < 1.29 is 37.3 Å². The summed E-state index contributed by atoms with van der Waals surface area (Å²) in [6, 6.07) is 6.60. The van der Waals surface area contributed by atoms with E-state index >= 15 is 0 Å². The summed E-state index contributed by atoms with van der Waals surface area (Å²) in [5, 5.41) is 12.5. The van der Waals surface area contributed by atoms with Gasteiger partial charge < -0.3 is 19.9 Å². The molecule has 1 aromatic carbocycles. The van der Waals surface area contributed by atoms with Crippen LogP contribution in [0.2, 0.25) is 0 Å². The Morgan fingerprint density at radius 1 is 1.24 bits per heavy atom. The van der Waals surface area contributed by atoms with Gasteiger partial charge in [0.2, 0.25) is 5.88 Å². The van der Waals surface area contributed by atoms with E-state index in [1.165, 1.54) is 31.5 Å². The van der Waals surface area contributed by atoms with Crippen LogP contribution in [0.15, 0.2) is 36.5 Å². The summed E-state index contributed by atoms with van der Waals surface area (Å²) in [7, 11) is 1.34. The number of methoxy groups -OCH3 is 1. The summed E-state index contributed by atoms with van der Waals surface area (Å²) in [6.07, 6.45) is -0.639. The molecule has 10 heteroatoms. The van der Waals surface area contributed by atoms with Crippen molar-refractivity contribution in [3.8, 4) is 22.8 Å². The summed E-state index contributed by atoms with van der Waals surface area (Å²) >= 11 is 0. The standard InChI is InChI=1S/C23H25F3N2O5/c1-3-14-7-9-22(10-8-14,21(30)31)28-19(29)16-12-18(20(32-2)27-13-16)15-5-4-6-17(11-15)33-23(24,25)26/h4-6,11-14H,3,7-10H2,1-2H3,(H,28,29)(H,30,31)/t14-,22+. The number of amides is 1. The van der Waals surface area contributed by atoms with Crippen molar-refractivity contribution in [2.75, 3.05) is 7.11 Å². The Balaban J connectivity index is 1.90. The number of nitrogens with zero attached hydrogens (tertiary/aromatic N) is 1. The lowest BCUT2D eigenvalue weighted by atomic mass is 9.75. The van der Waals surface area contributed by atoms with Crippen LogP contribution >= 0.6 is 0 Å². The molecular weight excluding hydrogens is 441 g/mol. The zero-order valence-electron chi connectivity index (χ0n) is 18.2. The number of aromatic nitrogens is 1. The molecule has 0 bridgehead atoms. The Morgan fingerprint density at radius 2 is 1.94 bits per heavy atom. The van der Waals surface area contributed by atoms with Gasteiger partial charge in [-0.15, -0.1) is 13.2 Å². The van der Waals surface area contributed by atoms with Crippen LogP contribution in [-0.4, -0.2) is 41.0 Å². The molecule has 7 nitrogen and oxygen atoms in total. The number of carboxylic acids is 1. The summed E-state index contributed by atoms with van der Waals surface area (Å²) in [5.74, 6) is -1.65. The first-order chi connectivity index (χ1) is 15.6. The molecule has 1 aromatic heterocycles. The molecule has 33 heavy (non-hydrogen) atoms. The number of nitrogens with one attached hydrogen (secondary N) is 1. The molecule has 0 atom stereocenters. The van der Waals surface area contributed by atoms with E-state index in [4.69, 9.17) is 4.74 Å². The smallest absolute Gasteiger partial charge is 0.481 e. The number of halogens is 3. The van der Waals surface area contributed by atoms with Crippen molar-refractivity contribution in [3.05, 3.63) is 42.1 Å². The molecule has 0 saturated heterocycles. The molecule has 1 heterocycles. The monoisotopic (exact) mass is 466 g/mol. The Kier molecular flexibility index (Phi) is 7.14. The van der Waals surface area contributed by atoms with E-state index < -0.39 is 29.5 Å².